The largest absolute Gasteiger partial charge is 0.409 e. The van der Waals surface area contributed by atoms with Gasteiger partial charge in [-0.3, -0.25) is 4.79 Å². The fraction of sp³-hybridized carbons (Fsp3) is 0.333. The van der Waals surface area contributed by atoms with Crippen LogP contribution in [0.1, 0.15) is 29.8 Å². The standard InChI is InChI=1S/C12H17N3O2/c1-8-5-4-6-9(7-8)10(16)14-12(2,3)11(13)15-17/h4-7,17H,1-3H3,(H2,13,15)(H,14,16). The molecule has 0 heterocycles. The molecule has 0 bridgehead atoms. The van der Waals surface area contributed by atoms with Crippen LogP contribution in [0.15, 0.2) is 29.4 Å². The third-order valence-corrected chi connectivity index (χ3v) is 2.45. The van der Waals surface area contributed by atoms with Crippen LogP contribution in [0.5, 0.6) is 0 Å². The number of carbonyl (C=O) groups is 1. The average molecular weight is 235 g/mol. The molecular formula is C12H17N3O2. The number of aryl methyl sites for hydroxylation is 1. The van der Waals surface area contributed by atoms with Crippen molar-refractivity contribution in [2.24, 2.45) is 10.9 Å². The summed E-state index contributed by atoms with van der Waals surface area (Å²) in [6.45, 7) is 5.23. The van der Waals surface area contributed by atoms with Gasteiger partial charge in [0.05, 0.1) is 5.54 Å². The van der Waals surface area contributed by atoms with Gasteiger partial charge in [-0.15, -0.1) is 0 Å². The van der Waals surface area contributed by atoms with Crippen molar-refractivity contribution in [3.8, 4) is 0 Å². The number of hydrogen-bond donors (Lipinski definition) is 3. The van der Waals surface area contributed by atoms with Gasteiger partial charge in [-0.25, -0.2) is 0 Å². The molecule has 0 saturated heterocycles. The van der Waals surface area contributed by atoms with E-state index in [9.17, 15) is 4.79 Å². The first kappa shape index (κ1) is 13.0. The Labute approximate surface area is 100 Å². The number of benzene rings is 1. The zero-order valence-corrected chi connectivity index (χ0v) is 10.2. The van der Waals surface area contributed by atoms with Crippen LogP contribution in [0.25, 0.3) is 0 Å². The summed E-state index contributed by atoms with van der Waals surface area (Å²) in [5, 5.41) is 14.2. The maximum Gasteiger partial charge on any atom is 0.252 e. The fourth-order valence-corrected chi connectivity index (χ4v) is 1.33. The number of nitrogens with one attached hydrogen (secondary N) is 1. The number of nitrogens with two attached hydrogens (primary N) is 1. The summed E-state index contributed by atoms with van der Waals surface area (Å²) in [5.41, 5.74) is 6.14. The molecule has 0 spiro atoms. The lowest BCUT2D eigenvalue weighted by Gasteiger charge is -2.24. The molecule has 0 unspecified atom stereocenters. The van der Waals surface area contributed by atoms with E-state index < -0.39 is 5.54 Å². The lowest BCUT2D eigenvalue weighted by Crippen LogP contribution is -2.53. The Morgan fingerprint density at radius 3 is 2.65 bits per heavy atom. The average Bonchev–Trinajstić information content (AvgIpc) is 2.27. The van der Waals surface area contributed by atoms with Crippen molar-refractivity contribution in [3.05, 3.63) is 35.4 Å². The Hall–Kier alpha value is -2.04. The molecular weight excluding hydrogens is 218 g/mol. The van der Waals surface area contributed by atoms with Crippen molar-refractivity contribution in [1.82, 2.24) is 5.32 Å². The number of rotatable bonds is 3. The SMILES string of the molecule is Cc1cccc(C(=O)NC(C)(C)/C(N)=N/O)c1. The molecule has 92 valence electrons. The highest BCUT2D eigenvalue weighted by atomic mass is 16.4. The van der Waals surface area contributed by atoms with E-state index in [2.05, 4.69) is 10.5 Å². The van der Waals surface area contributed by atoms with Crippen LogP contribution in [0.2, 0.25) is 0 Å². The first-order valence-electron chi connectivity index (χ1n) is 5.24. The maximum atomic E-state index is 11.9. The molecule has 0 radical (unpaired) electrons. The molecule has 0 atom stereocenters. The molecule has 1 amide bonds. The number of carbonyl (C=O) groups excluding carboxylic acids is 1. The highest BCUT2D eigenvalue weighted by Gasteiger charge is 2.26. The Morgan fingerprint density at radius 2 is 2.12 bits per heavy atom. The van der Waals surface area contributed by atoms with Crippen molar-refractivity contribution in [3.63, 3.8) is 0 Å². The number of hydrogen-bond acceptors (Lipinski definition) is 3. The normalized spacial score (nSPS) is 12.3. The second-order valence-corrected chi connectivity index (χ2v) is 4.43. The van der Waals surface area contributed by atoms with Gasteiger partial charge in [0, 0.05) is 5.56 Å². The van der Waals surface area contributed by atoms with E-state index in [0.29, 0.717) is 5.56 Å². The Bertz CT molecular complexity index is 453. The van der Waals surface area contributed by atoms with E-state index in [1.54, 1.807) is 32.0 Å². The first-order valence-corrected chi connectivity index (χ1v) is 5.24. The monoisotopic (exact) mass is 235 g/mol. The molecule has 17 heavy (non-hydrogen) atoms. The Morgan fingerprint density at radius 1 is 1.47 bits per heavy atom. The van der Waals surface area contributed by atoms with Crippen LogP contribution in [-0.4, -0.2) is 22.5 Å². The predicted octanol–water partition coefficient (Wildman–Crippen LogP) is 1.25. The number of amidine groups is 1. The van der Waals surface area contributed by atoms with Gasteiger partial charge in [-0.05, 0) is 32.9 Å². The van der Waals surface area contributed by atoms with Gasteiger partial charge in [0.25, 0.3) is 5.91 Å². The highest BCUT2D eigenvalue weighted by molar-refractivity contribution is 5.99. The number of oxime groups is 1. The molecule has 1 aromatic rings. The van der Waals surface area contributed by atoms with Crippen molar-refractivity contribution >= 4 is 11.7 Å². The zero-order chi connectivity index (χ0) is 13.1. The molecule has 0 aliphatic heterocycles. The quantitative estimate of drug-likeness (QED) is 0.319. The Balaban J connectivity index is 2.87. The minimum Gasteiger partial charge on any atom is -0.409 e. The molecule has 0 aromatic heterocycles. The summed E-state index contributed by atoms with van der Waals surface area (Å²) < 4.78 is 0. The van der Waals surface area contributed by atoms with Crippen LogP contribution in [0.3, 0.4) is 0 Å². The van der Waals surface area contributed by atoms with E-state index in [0.717, 1.165) is 5.56 Å². The molecule has 5 heteroatoms. The molecule has 5 nitrogen and oxygen atoms in total. The summed E-state index contributed by atoms with van der Waals surface area (Å²) in [6.07, 6.45) is 0. The van der Waals surface area contributed by atoms with Crippen LogP contribution in [-0.2, 0) is 0 Å². The van der Waals surface area contributed by atoms with Crippen LogP contribution < -0.4 is 11.1 Å². The minimum absolute atomic E-state index is 0.0431. The highest BCUT2D eigenvalue weighted by Crippen LogP contribution is 2.08. The van der Waals surface area contributed by atoms with Gasteiger partial charge < -0.3 is 16.3 Å². The van der Waals surface area contributed by atoms with E-state index in [4.69, 9.17) is 10.9 Å². The Kier molecular flexibility index (Phi) is 3.73. The molecule has 0 aliphatic rings. The van der Waals surface area contributed by atoms with Crippen LogP contribution in [0, 0.1) is 6.92 Å². The summed E-state index contributed by atoms with van der Waals surface area (Å²) >= 11 is 0. The van der Waals surface area contributed by atoms with Crippen LogP contribution in [0.4, 0.5) is 0 Å². The lowest BCUT2D eigenvalue weighted by molar-refractivity contribution is 0.0930. The molecule has 0 fully saturated rings. The molecule has 0 aliphatic carbocycles. The third kappa shape index (κ3) is 3.21. The smallest absolute Gasteiger partial charge is 0.252 e. The van der Waals surface area contributed by atoms with Gasteiger partial charge in [-0.2, -0.15) is 0 Å². The van der Waals surface area contributed by atoms with E-state index in [1.807, 2.05) is 13.0 Å². The topological polar surface area (TPSA) is 87.7 Å². The number of amides is 1. The van der Waals surface area contributed by atoms with E-state index in [-0.39, 0.29) is 11.7 Å². The number of nitrogens with zero attached hydrogens (tertiary/aromatic N) is 1. The second-order valence-electron chi connectivity index (χ2n) is 4.43. The lowest BCUT2D eigenvalue weighted by atomic mass is 10.0. The van der Waals surface area contributed by atoms with E-state index >= 15 is 0 Å². The van der Waals surface area contributed by atoms with Crippen molar-refractivity contribution in [2.75, 3.05) is 0 Å². The summed E-state index contributed by atoms with van der Waals surface area (Å²) in [6, 6.07) is 7.20. The van der Waals surface area contributed by atoms with Gasteiger partial charge >= 0.3 is 0 Å². The van der Waals surface area contributed by atoms with Crippen LogP contribution >= 0.6 is 0 Å². The molecule has 1 aromatic carbocycles. The summed E-state index contributed by atoms with van der Waals surface area (Å²) in [7, 11) is 0. The second kappa shape index (κ2) is 4.86. The summed E-state index contributed by atoms with van der Waals surface area (Å²) in [5.74, 6) is -0.302. The maximum absolute atomic E-state index is 11.9. The summed E-state index contributed by atoms with van der Waals surface area (Å²) in [4.78, 5) is 11.9. The van der Waals surface area contributed by atoms with Crippen molar-refractivity contribution in [1.29, 1.82) is 0 Å². The van der Waals surface area contributed by atoms with Gasteiger partial charge in [0.2, 0.25) is 0 Å². The fourth-order valence-electron chi connectivity index (χ4n) is 1.33. The van der Waals surface area contributed by atoms with Gasteiger partial charge in [-0.1, -0.05) is 22.9 Å². The van der Waals surface area contributed by atoms with Gasteiger partial charge in [0.15, 0.2) is 5.84 Å². The predicted molar refractivity (Wildman–Crippen MR) is 66.1 cm³/mol. The minimum atomic E-state index is -0.893. The van der Waals surface area contributed by atoms with Crippen molar-refractivity contribution in [2.45, 2.75) is 26.3 Å². The van der Waals surface area contributed by atoms with Crippen molar-refractivity contribution < 1.29 is 10.0 Å². The molecule has 1 rings (SSSR count). The molecule has 4 N–H and O–H groups in total. The van der Waals surface area contributed by atoms with Gasteiger partial charge in [0.1, 0.15) is 0 Å². The third-order valence-electron chi connectivity index (χ3n) is 2.45. The van der Waals surface area contributed by atoms with E-state index in [1.165, 1.54) is 0 Å². The first-order chi connectivity index (χ1) is 7.86. The zero-order valence-electron chi connectivity index (χ0n) is 10.2. The molecule has 0 saturated carbocycles.